The maximum absolute atomic E-state index is 11.9. The van der Waals surface area contributed by atoms with Gasteiger partial charge < -0.3 is 26.0 Å². The number of nitrogens with two attached hydrogens (primary N) is 1. The van der Waals surface area contributed by atoms with E-state index in [0.717, 1.165) is 0 Å². The third kappa shape index (κ3) is 4.41. The SMILES string of the molecule is CN1CCN(C(=O)N[C@@H](CCC(N)=O)C(=O)O)CC1=O. The third-order valence-corrected chi connectivity index (χ3v) is 3.02. The summed E-state index contributed by atoms with van der Waals surface area (Å²) in [5, 5.41) is 11.3. The lowest BCUT2D eigenvalue weighted by Gasteiger charge is -2.32. The van der Waals surface area contributed by atoms with E-state index in [0.29, 0.717) is 13.1 Å². The van der Waals surface area contributed by atoms with Crippen LogP contribution in [0.2, 0.25) is 0 Å². The molecule has 4 amide bonds. The summed E-state index contributed by atoms with van der Waals surface area (Å²) >= 11 is 0. The molecular formula is C11H18N4O5. The van der Waals surface area contributed by atoms with E-state index in [4.69, 9.17) is 10.8 Å². The molecule has 0 aromatic rings. The molecule has 1 aliphatic heterocycles. The Kier molecular flexibility index (Phi) is 5.30. The second kappa shape index (κ2) is 6.73. The number of hydrogen-bond acceptors (Lipinski definition) is 4. The van der Waals surface area contributed by atoms with Gasteiger partial charge in [0.15, 0.2) is 0 Å². The number of hydrogen-bond donors (Lipinski definition) is 3. The molecule has 0 unspecified atom stereocenters. The van der Waals surface area contributed by atoms with Gasteiger partial charge in [0, 0.05) is 26.6 Å². The Hall–Kier alpha value is -2.32. The number of aliphatic carboxylic acids is 1. The Morgan fingerprint density at radius 2 is 2.05 bits per heavy atom. The minimum Gasteiger partial charge on any atom is -0.480 e. The fraction of sp³-hybridized carbons (Fsp3) is 0.636. The van der Waals surface area contributed by atoms with Gasteiger partial charge in [0.05, 0.1) is 0 Å². The average molecular weight is 286 g/mol. The fourth-order valence-electron chi connectivity index (χ4n) is 1.72. The summed E-state index contributed by atoms with van der Waals surface area (Å²) in [6.45, 7) is 0.631. The van der Waals surface area contributed by atoms with Crippen LogP contribution in [-0.4, -0.2) is 71.4 Å². The van der Waals surface area contributed by atoms with Gasteiger partial charge >= 0.3 is 12.0 Å². The van der Waals surface area contributed by atoms with Crippen molar-refractivity contribution in [2.45, 2.75) is 18.9 Å². The summed E-state index contributed by atoms with van der Waals surface area (Å²) in [5.74, 6) is -2.10. The Labute approximate surface area is 115 Å². The van der Waals surface area contributed by atoms with Gasteiger partial charge in [0.25, 0.3) is 0 Å². The molecule has 1 saturated heterocycles. The molecule has 1 heterocycles. The van der Waals surface area contributed by atoms with Gasteiger partial charge in [-0.2, -0.15) is 0 Å². The normalized spacial score (nSPS) is 16.8. The van der Waals surface area contributed by atoms with Crippen molar-refractivity contribution in [1.82, 2.24) is 15.1 Å². The quantitative estimate of drug-likeness (QED) is 0.547. The third-order valence-electron chi connectivity index (χ3n) is 3.02. The summed E-state index contributed by atoms with van der Waals surface area (Å²) in [4.78, 5) is 47.7. The van der Waals surface area contributed by atoms with Crippen LogP contribution >= 0.6 is 0 Å². The zero-order valence-corrected chi connectivity index (χ0v) is 11.2. The van der Waals surface area contributed by atoms with Crippen molar-refractivity contribution < 1.29 is 24.3 Å². The lowest BCUT2D eigenvalue weighted by molar-refractivity contribution is -0.139. The summed E-state index contributed by atoms with van der Waals surface area (Å²) in [6.07, 6.45) is -0.225. The summed E-state index contributed by atoms with van der Waals surface area (Å²) < 4.78 is 0. The smallest absolute Gasteiger partial charge is 0.326 e. The monoisotopic (exact) mass is 286 g/mol. The molecule has 9 nitrogen and oxygen atoms in total. The minimum atomic E-state index is -1.25. The first kappa shape index (κ1) is 15.7. The van der Waals surface area contributed by atoms with E-state index >= 15 is 0 Å². The van der Waals surface area contributed by atoms with Crippen molar-refractivity contribution >= 4 is 23.8 Å². The van der Waals surface area contributed by atoms with E-state index in [1.165, 1.54) is 9.80 Å². The molecule has 0 radical (unpaired) electrons. The first-order valence-corrected chi connectivity index (χ1v) is 6.11. The van der Waals surface area contributed by atoms with Gasteiger partial charge in [0.1, 0.15) is 12.6 Å². The highest BCUT2D eigenvalue weighted by Gasteiger charge is 2.28. The lowest BCUT2D eigenvalue weighted by Crippen LogP contribution is -2.56. The van der Waals surface area contributed by atoms with E-state index in [2.05, 4.69) is 5.32 Å². The van der Waals surface area contributed by atoms with Crippen molar-refractivity contribution in [3.05, 3.63) is 0 Å². The molecule has 1 fully saturated rings. The van der Waals surface area contributed by atoms with Gasteiger partial charge in [-0.05, 0) is 6.42 Å². The van der Waals surface area contributed by atoms with Crippen LogP contribution < -0.4 is 11.1 Å². The number of carboxylic acids is 1. The fourth-order valence-corrected chi connectivity index (χ4v) is 1.72. The highest BCUT2D eigenvalue weighted by Crippen LogP contribution is 2.04. The van der Waals surface area contributed by atoms with E-state index in [-0.39, 0.29) is 25.3 Å². The summed E-state index contributed by atoms with van der Waals surface area (Å²) in [7, 11) is 1.63. The van der Waals surface area contributed by atoms with Crippen LogP contribution in [0.4, 0.5) is 4.79 Å². The minimum absolute atomic E-state index is 0.0852. The largest absolute Gasteiger partial charge is 0.480 e. The highest BCUT2D eigenvalue weighted by molar-refractivity contribution is 5.87. The molecule has 0 aliphatic carbocycles. The Balaban J connectivity index is 2.55. The van der Waals surface area contributed by atoms with Crippen LogP contribution in [0.1, 0.15) is 12.8 Å². The van der Waals surface area contributed by atoms with Gasteiger partial charge in [-0.3, -0.25) is 9.59 Å². The molecule has 1 rings (SSSR count). The molecule has 112 valence electrons. The predicted molar refractivity (Wildman–Crippen MR) is 67.6 cm³/mol. The van der Waals surface area contributed by atoms with Crippen LogP contribution in [0.3, 0.4) is 0 Å². The van der Waals surface area contributed by atoms with Crippen molar-refractivity contribution in [3.8, 4) is 0 Å². The van der Waals surface area contributed by atoms with Gasteiger partial charge in [-0.15, -0.1) is 0 Å². The number of carbonyl (C=O) groups excluding carboxylic acids is 3. The Morgan fingerprint density at radius 1 is 1.40 bits per heavy atom. The first-order valence-electron chi connectivity index (χ1n) is 6.11. The second-order valence-electron chi connectivity index (χ2n) is 4.58. The number of nitrogens with zero attached hydrogens (tertiary/aromatic N) is 2. The Morgan fingerprint density at radius 3 is 2.55 bits per heavy atom. The molecule has 0 bridgehead atoms. The highest BCUT2D eigenvalue weighted by atomic mass is 16.4. The number of likely N-dealkylation sites (N-methyl/N-ethyl adjacent to an activating group) is 1. The number of primary amides is 1. The number of urea groups is 1. The molecule has 20 heavy (non-hydrogen) atoms. The van der Waals surface area contributed by atoms with E-state index in [1.807, 2.05) is 0 Å². The number of piperazine rings is 1. The maximum atomic E-state index is 11.9. The molecule has 9 heteroatoms. The molecular weight excluding hydrogens is 268 g/mol. The lowest BCUT2D eigenvalue weighted by atomic mass is 10.1. The van der Waals surface area contributed by atoms with Crippen molar-refractivity contribution in [2.24, 2.45) is 5.73 Å². The molecule has 0 aromatic heterocycles. The molecule has 0 saturated carbocycles. The topological polar surface area (TPSA) is 133 Å². The molecule has 4 N–H and O–H groups in total. The van der Waals surface area contributed by atoms with Crippen LogP contribution in [0.5, 0.6) is 0 Å². The van der Waals surface area contributed by atoms with Crippen molar-refractivity contribution in [1.29, 1.82) is 0 Å². The number of amides is 4. The van der Waals surface area contributed by atoms with E-state index < -0.39 is 23.9 Å². The van der Waals surface area contributed by atoms with E-state index in [9.17, 15) is 19.2 Å². The number of nitrogens with one attached hydrogen (secondary N) is 1. The van der Waals surface area contributed by atoms with Gasteiger partial charge in [-0.25, -0.2) is 9.59 Å². The van der Waals surface area contributed by atoms with Crippen LogP contribution in [0.25, 0.3) is 0 Å². The van der Waals surface area contributed by atoms with Gasteiger partial charge in [0.2, 0.25) is 11.8 Å². The molecule has 1 atom stereocenters. The first-order chi connectivity index (χ1) is 9.31. The predicted octanol–water partition coefficient (Wildman–Crippen LogP) is -1.81. The Bertz CT molecular complexity index is 425. The number of carboxylic acid groups (broad SMARTS) is 1. The zero-order chi connectivity index (χ0) is 15.3. The van der Waals surface area contributed by atoms with E-state index in [1.54, 1.807) is 7.05 Å². The van der Waals surface area contributed by atoms with Crippen LogP contribution in [0, 0.1) is 0 Å². The zero-order valence-electron chi connectivity index (χ0n) is 11.2. The van der Waals surface area contributed by atoms with Crippen molar-refractivity contribution in [2.75, 3.05) is 26.7 Å². The number of rotatable bonds is 5. The summed E-state index contributed by atoms with van der Waals surface area (Å²) in [5.41, 5.74) is 4.94. The van der Waals surface area contributed by atoms with Crippen molar-refractivity contribution in [3.63, 3.8) is 0 Å². The maximum Gasteiger partial charge on any atom is 0.326 e. The number of carbonyl (C=O) groups is 4. The summed E-state index contributed by atoms with van der Waals surface area (Å²) in [6, 6.07) is -1.84. The van der Waals surface area contributed by atoms with Crippen LogP contribution in [-0.2, 0) is 14.4 Å². The van der Waals surface area contributed by atoms with Gasteiger partial charge in [-0.1, -0.05) is 0 Å². The van der Waals surface area contributed by atoms with Crippen LogP contribution in [0.15, 0.2) is 0 Å². The average Bonchev–Trinajstić information content (AvgIpc) is 2.36. The molecule has 1 aliphatic rings. The second-order valence-corrected chi connectivity index (χ2v) is 4.58. The molecule has 0 spiro atoms. The standard InChI is InChI=1S/C11H18N4O5/c1-14-4-5-15(6-9(14)17)11(20)13-7(10(18)19)2-3-8(12)16/h7H,2-6H2,1H3,(H2,12,16)(H,13,20)(H,18,19)/t7-/m0/s1. The molecule has 0 aromatic carbocycles.